The Hall–Kier alpha value is -0.640. The zero-order valence-corrected chi connectivity index (χ0v) is 11.3. The zero-order chi connectivity index (χ0) is 12.9. The summed E-state index contributed by atoms with van der Waals surface area (Å²) in [6, 6.07) is 1.61. The first-order valence-electron chi connectivity index (χ1n) is 6.09. The Kier molecular flexibility index (Phi) is 5.37. The van der Waals surface area contributed by atoms with Crippen LogP contribution in [0.4, 0.5) is 0 Å². The van der Waals surface area contributed by atoms with E-state index in [1.165, 1.54) is 26.2 Å². The molecule has 0 spiro atoms. The number of nitrogens with one attached hydrogen (secondary N) is 1. The highest BCUT2D eigenvalue weighted by Crippen LogP contribution is 2.09. The fourth-order valence-electron chi connectivity index (χ4n) is 2.02. The zero-order valence-electron chi connectivity index (χ0n) is 10.5. The number of hydrogen-bond acceptors (Lipinski definition) is 4. The molecule has 1 aliphatic rings. The predicted molar refractivity (Wildman–Crippen MR) is 66.9 cm³/mol. The summed E-state index contributed by atoms with van der Waals surface area (Å²) < 4.78 is 25.9. The lowest BCUT2D eigenvalue weighted by Crippen LogP contribution is -2.45. The number of nitriles is 1. The van der Waals surface area contributed by atoms with Crippen LogP contribution in [0.3, 0.4) is 0 Å². The molecule has 1 rings (SSSR count). The second-order valence-electron chi connectivity index (χ2n) is 4.70. The molecule has 1 aliphatic heterocycles. The molecule has 1 fully saturated rings. The molecule has 0 aromatic carbocycles. The van der Waals surface area contributed by atoms with Gasteiger partial charge in [-0.25, -0.2) is 13.1 Å². The third kappa shape index (κ3) is 4.62. The highest BCUT2D eigenvalue weighted by molar-refractivity contribution is 7.90. The first-order chi connectivity index (χ1) is 7.95. The molecule has 0 aromatic heterocycles. The second-order valence-corrected chi connectivity index (χ2v) is 6.73. The van der Waals surface area contributed by atoms with Gasteiger partial charge in [0, 0.05) is 12.6 Å². The number of sulfonamides is 1. The molecule has 17 heavy (non-hydrogen) atoms. The molecule has 0 bridgehead atoms. The first-order valence-corrected chi connectivity index (χ1v) is 7.63. The van der Waals surface area contributed by atoms with E-state index in [0.717, 1.165) is 19.6 Å². The van der Waals surface area contributed by atoms with Crippen LogP contribution in [-0.4, -0.2) is 44.2 Å². The van der Waals surface area contributed by atoms with Crippen molar-refractivity contribution in [2.24, 2.45) is 0 Å². The molecular formula is C11H21N3O2S. The van der Waals surface area contributed by atoms with Gasteiger partial charge in [0.25, 0.3) is 0 Å². The van der Waals surface area contributed by atoms with E-state index in [2.05, 4.69) is 9.62 Å². The van der Waals surface area contributed by atoms with Crippen LogP contribution in [0.25, 0.3) is 0 Å². The fourth-order valence-corrected chi connectivity index (χ4v) is 3.00. The Morgan fingerprint density at radius 1 is 1.29 bits per heavy atom. The molecule has 0 aliphatic carbocycles. The molecule has 2 atom stereocenters. The van der Waals surface area contributed by atoms with Gasteiger partial charge in [0.15, 0.2) is 5.25 Å². The Labute approximate surface area is 104 Å². The Morgan fingerprint density at radius 3 is 2.41 bits per heavy atom. The minimum atomic E-state index is -3.50. The SMILES string of the molecule is CC(CN1CCCCC1)NS(=O)(=O)C(C)C#N. The smallest absolute Gasteiger partial charge is 0.227 e. The summed E-state index contributed by atoms with van der Waals surface area (Å²) in [5.41, 5.74) is 0. The van der Waals surface area contributed by atoms with Gasteiger partial charge in [-0.2, -0.15) is 5.26 Å². The van der Waals surface area contributed by atoms with Gasteiger partial charge in [0.1, 0.15) is 0 Å². The summed E-state index contributed by atoms with van der Waals surface area (Å²) in [5.74, 6) is 0. The van der Waals surface area contributed by atoms with Gasteiger partial charge in [0.2, 0.25) is 10.0 Å². The summed E-state index contributed by atoms with van der Waals surface area (Å²) in [6.07, 6.45) is 3.64. The van der Waals surface area contributed by atoms with Crippen LogP contribution in [0, 0.1) is 11.3 Å². The monoisotopic (exact) mass is 259 g/mol. The van der Waals surface area contributed by atoms with Gasteiger partial charge in [-0.15, -0.1) is 0 Å². The largest absolute Gasteiger partial charge is 0.302 e. The van der Waals surface area contributed by atoms with Gasteiger partial charge in [0.05, 0.1) is 6.07 Å². The van der Waals surface area contributed by atoms with E-state index in [0.29, 0.717) is 0 Å². The van der Waals surface area contributed by atoms with Crippen LogP contribution in [0.1, 0.15) is 33.1 Å². The number of hydrogen-bond donors (Lipinski definition) is 1. The normalized spacial score (nSPS) is 21.7. The molecule has 2 unspecified atom stereocenters. The van der Waals surface area contributed by atoms with E-state index in [4.69, 9.17) is 5.26 Å². The van der Waals surface area contributed by atoms with Crippen molar-refractivity contribution >= 4 is 10.0 Å². The Morgan fingerprint density at radius 2 is 1.88 bits per heavy atom. The lowest BCUT2D eigenvalue weighted by molar-refractivity contribution is 0.215. The summed E-state index contributed by atoms with van der Waals surface area (Å²) in [5, 5.41) is 7.63. The van der Waals surface area contributed by atoms with Crippen LogP contribution in [0.2, 0.25) is 0 Å². The minimum absolute atomic E-state index is 0.145. The standard InChI is InChI=1S/C11H21N3O2S/c1-10(9-14-6-4-3-5-7-14)13-17(15,16)11(2)8-12/h10-11,13H,3-7,9H2,1-2H3. The summed E-state index contributed by atoms with van der Waals surface area (Å²) in [6.45, 7) is 6.04. The molecular weight excluding hydrogens is 238 g/mol. The highest BCUT2D eigenvalue weighted by atomic mass is 32.2. The van der Waals surface area contributed by atoms with E-state index in [-0.39, 0.29) is 6.04 Å². The molecule has 0 saturated carbocycles. The van der Waals surface area contributed by atoms with Crippen molar-refractivity contribution in [2.45, 2.75) is 44.4 Å². The van der Waals surface area contributed by atoms with Crippen LogP contribution in [-0.2, 0) is 10.0 Å². The molecule has 0 amide bonds. The van der Waals surface area contributed by atoms with Gasteiger partial charge in [-0.3, -0.25) is 0 Å². The number of likely N-dealkylation sites (tertiary alicyclic amines) is 1. The van der Waals surface area contributed by atoms with Crippen molar-refractivity contribution in [3.8, 4) is 6.07 Å². The molecule has 1 heterocycles. The van der Waals surface area contributed by atoms with E-state index >= 15 is 0 Å². The van der Waals surface area contributed by atoms with Crippen LogP contribution in [0.5, 0.6) is 0 Å². The fraction of sp³-hybridized carbons (Fsp3) is 0.909. The average Bonchev–Trinajstić information content (AvgIpc) is 2.28. The van der Waals surface area contributed by atoms with Crippen LogP contribution >= 0.6 is 0 Å². The van der Waals surface area contributed by atoms with Gasteiger partial charge in [-0.1, -0.05) is 6.42 Å². The Bertz CT molecular complexity index is 369. The molecule has 98 valence electrons. The number of rotatable bonds is 5. The van der Waals surface area contributed by atoms with Crippen molar-refractivity contribution in [1.82, 2.24) is 9.62 Å². The maximum atomic E-state index is 11.7. The molecule has 1 N–H and O–H groups in total. The maximum absolute atomic E-state index is 11.7. The lowest BCUT2D eigenvalue weighted by Gasteiger charge is -2.29. The summed E-state index contributed by atoms with van der Waals surface area (Å²) >= 11 is 0. The van der Waals surface area contributed by atoms with Crippen molar-refractivity contribution in [1.29, 1.82) is 5.26 Å². The summed E-state index contributed by atoms with van der Waals surface area (Å²) in [7, 11) is -3.50. The van der Waals surface area contributed by atoms with E-state index < -0.39 is 15.3 Å². The van der Waals surface area contributed by atoms with E-state index in [9.17, 15) is 8.42 Å². The van der Waals surface area contributed by atoms with Gasteiger partial charge >= 0.3 is 0 Å². The second kappa shape index (κ2) is 6.34. The van der Waals surface area contributed by atoms with Crippen molar-refractivity contribution in [2.75, 3.05) is 19.6 Å². The first kappa shape index (κ1) is 14.4. The predicted octanol–water partition coefficient (Wildman–Crippen LogP) is 0.692. The van der Waals surface area contributed by atoms with Crippen molar-refractivity contribution in [3.63, 3.8) is 0 Å². The average molecular weight is 259 g/mol. The third-order valence-corrected chi connectivity index (χ3v) is 4.76. The highest BCUT2D eigenvalue weighted by Gasteiger charge is 2.23. The maximum Gasteiger partial charge on any atom is 0.227 e. The Balaban J connectivity index is 2.43. The van der Waals surface area contributed by atoms with Crippen molar-refractivity contribution < 1.29 is 8.42 Å². The van der Waals surface area contributed by atoms with Gasteiger partial charge < -0.3 is 4.90 Å². The quantitative estimate of drug-likeness (QED) is 0.788. The summed E-state index contributed by atoms with van der Waals surface area (Å²) in [4.78, 5) is 2.27. The van der Waals surface area contributed by atoms with Crippen molar-refractivity contribution in [3.05, 3.63) is 0 Å². The lowest BCUT2D eigenvalue weighted by atomic mass is 10.1. The minimum Gasteiger partial charge on any atom is -0.302 e. The van der Waals surface area contributed by atoms with E-state index in [1.807, 2.05) is 6.92 Å². The number of nitrogens with zero attached hydrogens (tertiary/aromatic N) is 2. The molecule has 0 radical (unpaired) electrons. The van der Waals surface area contributed by atoms with E-state index in [1.54, 1.807) is 6.07 Å². The van der Waals surface area contributed by atoms with Crippen LogP contribution < -0.4 is 4.72 Å². The topological polar surface area (TPSA) is 73.2 Å². The molecule has 1 saturated heterocycles. The molecule has 0 aromatic rings. The third-order valence-electron chi connectivity index (χ3n) is 2.99. The molecule has 5 nitrogen and oxygen atoms in total. The van der Waals surface area contributed by atoms with Gasteiger partial charge in [-0.05, 0) is 39.8 Å². The van der Waals surface area contributed by atoms with Crippen LogP contribution in [0.15, 0.2) is 0 Å². The number of piperidine rings is 1. The molecule has 6 heteroatoms.